The molecule has 0 bridgehead atoms. The minimum absolute atomic E-state index is 0.100. The molecule has 7 nitrogen and oxygen atoms in total. The predicted octanol–water partition coefficient (Wildman–Crippen LogP) is 3.26. The Kier molecular flexibility index (Phi) is 4.86. The van der Waals surface area contributed by atoms with E-state index in [0.717, 1.165) is 12.1 Å². The number of rotatable bonds is 3. The van der Waals surface area contributed by atoms with Crippen LogP contribution in [0.5, 0.6) is 0 Å². The monoisotopic (exact) mass is 468 g/mol. The number of carbonyl (C=O) groups excluding carboxylic acids is 1. The fourth-order valence-electron chi connectivity index (χ4n) is 3.84. The first-order valence-electron chi connectivity index (χ1n) is 9.39. The van der Waals surface area contributed by atoms with E-state index in [0.29, 0.717) is 10.6 Å². The van der Waals surface area contributed by atoms with Gasteiger partial charge in [-0.3, -0.25) is 9.79 Å². The molecule has 1 fully saturated rings. The number of benzene rings is 1. The molecule has 0 saturated heterocycles. The summed E-state index contributed by atoms with van der Waals surface area (Å²) >= 11 is 5.85. The van der Waals surface area contributed by atoms with Crippen molar-refractivity contribution in [3.05, 3.63) is 58.1 Å². The zero-order valence-corrected chi connectivity index (χ0v) is 18.2. The highest BCUT2D eigenvalue weighted by molar-refractivity contribution is 7.94. The van der Waals surface area contributed by atoms with Crippen LogP contribution in [0.3, 0.4) is 0 Å². The van der Waals surface area contributed by atoms with E-state index >= 15 is 4.39 Å². The summed E-state index contributed by atoms with van der Waals surface area (Å²) in [6.45, 7) is 2.82. The second-order valence-electron chi connectivity index (χ2n) is 7.97. The van der Waals surface area contributed by atoms with Gasteiger partial charge in [0.25, 0.3) is 5.91 Å². The lowest BCUT2D eigenvalue weighted by molar-refractivity contribution is 0.102. The van der Waals surface area contributed by atoms with E-state index in [4.69, 9.17) is 17.3 Å². The average Bonchev–Trinajstić information content (AvgIpc) is 3.50. The Morgan fingerprint density at radius 2 is 2.00 bits per heavy atom. The molecule has 2 aromatic rings. The first kappa shape index (κ1) is 21.6. The SMILES string of the molecule is Cc1cc(Cl)cnc1C(=O)Nc1ccc(F)c(C2(C)N=C(N)C3(CC3)S(=O)(=O)C2F)c1. The Balaban J connectivity index is 1.73. The van der Waals surface area contributed by atoms with Crippen LogP contribution < -0.4 is 11.1 Å². The number of aliphatic imine (C=N–C) groups is 1. The number of amidine groups is 1. The molecule has 4 rings (SSSR count). The third-order valence-electron chi connectivity index (χ3n) is 5.81. The number of sulfone groups is 1. The van der Waals surface area contributed by atoms with Gasteiger partial charge in [0.05, 0.1) is 5.02 Å². The molecule has 2 unspecified atom stereocenters. The first-order valence-corrected chi connectivity index (χ1v) is 11.3. The summed E-state index contributed by atoms with van der Waals surface area (Å²) in [5, 5.41) is 2.92. The average molecular weight is 469 g/mol. The number of pyridine rings is 1. The number of carbonyl (C=O) groups is 1. The number of nitrogens with zero attached hydrogens (tertiary/aromatic N) is 2. The van der Waals surface area contributed by atoms with Gasteiger partial charge >= 0.3 is 0 Å². The van der Waals surface area contributed by atoms with Crippen molar-refractivity contribution in [2.45, 2.75) is 42.5 Å². The van der Waals surface area contributed by atoms with Crippen LogP contribution in [0.4, 0.5) is 14.5 Å². The summed E-state index contributed by atoms with van der Waals surface area (Å²) in [6.07, 6.45) is 1.69. The standard InChI is InChI=1S/C20H19ClF2N4O3S/c1-10-7-11(21)9-25-15(10)16(28)26-12-3-4-14(22)13(8-12)19(2)17(23)31(29,30)20(5-6-20)18(24)27-19/h3-4,7-9,17H,5-6H2,1-2H3,(H2,24,27)(H,26,28). The molecular formula is C20H19ClF2N4O3S. The third kappa shape index (κ3) is 3.20. The van der Waals surface area contributed by atoms with Crippen molar-refractivity contribution < 1.29 is 22.0 Å². The fourth-order valence-corrected chi connectivity index (χ4v) is 6.25. The Hall–Kier alpha value is -2.59. The summed E-state index contributed by atoms with van der Waals surface area (Å²) in [4.78, 5) is 20.7. The lowest BCUT2D eigenvalue weighted by atomic mass is 9.92. The summed E-state index contributed by atoms with van der Waals surface area (Å²) in [5.74, 6) is -1.69. The molecule has 1 amide bonds. The van der Waals surface area contributed by atoms with Gasteiger partial charge in [-0.05, 0) is 56.5 Å². The molecule has 2 aliphatic rings. The van der Waals surface area contributed by atoms with Crippen molar-refractivity contribution in [2.75, 3.05) is 5.32 Å². The van der Waals surface area contributed by atoms with Crippen molar-refractivity contribution in [1.82, 2.24) is 4.98 Å². The lowest BCUT2D eigenvalue weighted by Crippen LogP contribution is -2.54. The Labute approximate surface area is 182 Å². The molecule has 1 spiro atoms. The smallest absolute Gasteiger partial charge is 0.274 e. The van der Waals surface area contributed by atoms with E-state index in [-0.39, 0.29) is 35.6 Å². The number of aryl methyl sites for hydroxylation is 1. The van der Waals surface area contributed by atoms with E-state index < -0.39 is 37.4 Å². The quantitative estimate of drug-likeness (QED) is 0.717. The van der Waals surface area contributed by atoms with Gasteiger partial charge in [-0.25, -0.2) is 22.2 Å². The first-order chi connectivity index (χ1) is 14.4. The maximum absolute atomic E-state index is 15.3. The number of nitrogens with one attached hydrogen (secondary N) is 1. The van der Waals surface area contributed by atoms with Gasteiger partial charge in [-0.1, -0.05) is 11.6 Å². The van der Waals surface area contributed by atoms with E-state index in [1.54, 1.807) is 13.0 Å². The van der Waals surface area contributed by atoms with Gasteiger partial charge in [0.15, 0.2) is 9.84 Å². The van der Waals surface area contributed by atoms with Crippen LogP contribution in [0.15, 0.2) is 35.5 Å². The minimum Gasteiger partial charge on any atom is -0.386 e. The molecule has 0 radical (unpaired) electrons. The number of alkyl halides is 1. The summed E-state index contributed by atoms with van der Waals surface area (Å²) in [5.41, 5.74) is 1.70. The van der Waals surface area contributed by atoms with E-state index in [1.807, 2.05) is 0 Å². The molecule has 1 aromatic carbocycles. The van der Waals surface area contributed by atoms with Crippen LogP contribution in [0.25, 0.3) is 0 Å². The largest absolute Gasteiger partial charge is 0.386 e. The highest BCUT2D eigenvalue weighted by atomic mass is 35.5. The van der Waals surface area contributed by atoms with E-state index in [9.17, 15) is 17.6 Å². The summed E-state index contributed by atoms with van der Waals surface area (Å²) in [7, 11) is -4.34. The van der Waals surface area contributed by atoms with E-state index in [2.05, 4.69) is 15.3 Å². The summed E-state index contributed by atoms with van der Waals surface area (Å²) < 4.78 is 54.1. The highest BCUT2D eigenvalue weighted by Crippen LogP contribution is 2.53. The highest BCUT2D eigenvalue weighted by Gasteiger charge is 2.67. The number of halogens is 3. The normalized spacial score (nSPS) is 25.7. The van der Waals surface area contributed by atoms with Crippen LogP contribution >= 0.6 is 11.6 Å². The number of aromatic nitrogens is 1. The van der Waals surface area contributed by atoms with E-state index in [1.165, 1.54) is 19.2 Å². The number of amides is 1. The van der Waals surface area contributed by atoms with Crippen LogP contribution in [-0.4, -0.2) is 35.4 Å². The molecule has 2 heterocycles. The number of hydrogen-bond acceptors (Lipinski definition) is 6. The second kappa shape index (κ2) is 6.96. The van der Waals surface area contributed by atoms with Crippen molar-refractivity contribution in [3.63, 3.8) is 0 Å². The van der Waals surface area contributed by atoms with Crippen molar-refractivity contribution in [2.24, 2.45) is 10.7 Å². The second-order valence-corrected chi connectivity index (χ2v) is 10.7. The molecule has 11 heteroatoms. The minimum atomic E-state index is -4.34. The number of anilines is 1. The molecule has 3 N–H and O–H groups in total. The predicted molar refractivity (Wildman–Crippen MR) is 113 cm³/mol. The molecule has 1 aromatic heterocycles. The molecule has 1 saturated carbocycles. The van der Waals surface area contributed by atoms with Gasteiger partial charge in [0.1, 0.15) is 27.6 Å². The summed E-state index contributed by atoms with van der Waals surface area (Å²) in [6, 6.07) is 4.99. The number of hydrogen-bond donors (Lipinski definition) is 2. The van der Waals surface area contributed by atoms with Gasteiger partial charge in [-0.2, -0.15) is 0 Å². The Bertz CT molecular complexity index is 1250. The zero-order valence-electron chi connectivity index (χ0n) is 16.6. The van der Waals surface area contributed by atoms with Crippen molar-refractivity contribution in [1.29, 1.82) is 0 Å². The lowest BCUT2D eigenvalue weighted by Gasteiger charge is -2.37. The van der Waals surface area contributed by atoms with Crippen molar-refractivity contribution in [3.8, 4) is 0 Å². The molecule has 31 heavy (non-hydrogen) atoms. The van der Waals surface area contributed by atoms with Crippen molar-refractivity contribution >= 4 is 38.9 Å². The molecule has 2 atom stereocenters. The fraction of sp³-hybridized carbons (Fsp3) is 0.350. The van der Waals surface area contributed by atoms with Crippen LogP contribution in [0.1, 0.15) is 41.4 Å². The molecule has 1 aliphatic heterocycles. The van der Waals surface area contributed by atoms with Crippen LogP contribution in [-0.2, 0) is 15.4 Å². The number of nitrogens with two attached hydrogens (primary N) is 1. The van der Waals surface area contributed by atoms with Gasteiger partial charge < -0.3 is 11.1 Å². The third-order valence-corrected chi connectivity index (χ3v) is 8.73. The van der Waals surface area contributed by atoms with Crippen LogP contribution in [0.2, 0.25) is 5.02 Å². The molecule has 1 aliphatic carbocycles. The maximum Gasteiger partial charge on any atom is 0.274 e. The topological polar surface area (TPSA) is 115 Å². The van der Waals surface area contributed by atoms with Gasteiger partial charge in [-0.15, -0.1) is 0 Å². The Morgan fingerprint density at radius 1 is 1.32 bits per heavy atom. The van der Waals surface area contributed by atoms with Gasteiger partial charge in [0.2, 0.25) is 5.50 Å². The maximum atomic E-state index is 15.3. The van der Waals surface area contributed by atoms with Gasteiger partial charge in [0, 0.05) is 17.4 Å². The Morgan fingerprint density at radius 3 is 2.61 bits per heavy atom. The zero-order chi connectivity index (χ0) is 22.8. The molecular weight excluding hydrogens is 450 g/mol. The molecule has 164 valence electrons. The van der Waals surface area contributed by atoms with Crippen LogP contribution in [0, 0.1) is 12.7 Å².